The average molecular weight is 435 g/mol. The monoisotopic (exact) mass is 435 g/mol. The van der Waals surface area contributed by atoms with Crippen LogP contribution in [0.1, 0.15) is 47.4 Å². The zero-order chi connectivity index (χ0) is 23.1. The molecule has 0 aliphatic rings. The molecule has 4 aromatic rings. The van der Waals surface area contributed by atoms with Crippen molar-refractivity contribution in [3.8, 4) is 11.7 Å². The van der Waals surface area contributed by atoms with Gasteiger partial charge in [0.05, 0.1) is 0 Å². The van der Waals surface area contributed by atoms with Crippen LogP contribution >= 0.6 is 0 Å². The molecule has 0 bridgehead atoms. The molecule has 32 heavy (non-hydrogen) atoms. The molecular formula is C21H21N7O4. The van der Waals surface area contributed by atoms with Crippen LogP contribution in [0.4, 0.5) is 0 Å². The highest BCUT2D eigenvalue weighted by atomic mass is 16.5. The minimum absolute atomic E-state index is 0.0400. The molecule has 0 atom stereocenters. The summed E-state index contributed by atoms with van der Waals surface area (Å²) in [6, 6.07) is 10.3. The molecule has 2 N–H and O–H groups in total. The van der Waals surface area contributed by atoms with Gasteiger partial charge >= 0.3 is 11.9 Å². The molecule has 164 valence electrons. The summed E-state index contributed by atoms with van der Waals surface area (Å²) in [7, 11) is 0. The van der Waals surface area contributed by atoms with E-state index in [0.717, 1.165) is 5.56 Å². The molecule has 0 aliphatic carbocycles. The summed E-state index contributed by atoms with van der Waals surface area (Å²) < 4.78 is 6.16. The molecule has 4 aromatic heterocycles. The van der Waals surface area contributed by atoms with E-state index in [9.17, 15) is 9.59 Å². The zero-order valence-corrected chi connectivity index (χ0v) is 17.6. The molecule has 0 aromatic carbocycles. The number of hydrogen-bond donors (Lipinski definition) is 2. The molecule has 0 radical (unpaired) electrons. The number of aromatic nitrogens is 7. The van der Waals surface area contributed by atoms with E-state index in [4.69, 9.17) is 9.84 Å². The Bertz CT molecular complexity index is 1180. The smallest absolute Gasteiger partial charge is 0.374 e. The predicted octanol–water partition coefficient (Wildman–Crippen LogP) is 2.68. The van der Waals surface area contributed by atoms with Gasteiger partial charge in [-0.1, -0.05) is 26.8 Å². The maximum Gasteiger partial charge on any atom is 0.374 e. The summed E-state index contributed by atoms with van der Waals surface area (Å²) in [5, 5.41) is 19.0. The van der Waals surface area contributed by atoms with Gasteiger partial charge in [0.2, 0.25) is 11.7 Å². The Labute approximate surface area is 183 Å². The Morgan fingerprint density at radius 1 is 1.03 bits per heavy atom. The summed E-state index contributed by atoms with van der Waals surface area (Å²) in [5.74, 6) is -1.05. The van der Waals surface area contributed by atoms with Crippen LogP contribution in [0.2, 0.25) is 0 Å². The van der Waals surface area contributed by atoms with E-state index in [2.05, 4.69) is 51.0 Å². The van der Waals surface area contributed by atoms with Crippen LogP contribution in [0.5, 0.6) is 5.88 Å². The standard InChI is InChI=1S/C12H14N4O2.C9H7N3O2/c1-12(2,3)8-4-5-13-9(6-8)16-10(11(17)18)14-7-15-16;13-9(7-4-6-11-12-7)14-8-3-1-2-5-10-8/h4-7H,1-3H3,(H,17,18);1-6H,(H,11,12). The van der Waals surface area contributed by atoms with Gasteiger partial charge in [0.15, 0.2) is 5.82 Å². The van der Waals surface area contributed by atoms with E-state index in [1.165, 1.54) is 23.3 Å². The number of esters is 1. The Morgan fingerprint density at radius 3 is 2.47 bits per heavy atom. The lowest BCUT2D eigenvalue weighted by molar-refractivity contribution is 0.0678. The van der Waals surface area contributed by atoms with Crippen LogP contribution in [-0.2, 0) is 5.41 Å². The molecule has 0 aliphatic heterocycles. The Hall–Kier alpha value is -4.41. The van der Waals surface area contributed by atoms with Crippen molar-refractivity contribution in [2.24, 2.45) is 0 Å². The Morgan fingerprint density at radius 2 is 1.84 bits per heavy atom. The number of aromatic carboxylic acids is 1. The number of carboxylic acids is 1. The van der Waals surface area contributed by atoms with Gasteiger partial charge in [-0.15, -0.1) is 0 Å². The summed E-state index contributed by atoms with van der Waals surface area (Å²) in [6.07, 6.45) is 5.88. The zero-order valence-electron chi connectivity index (χ0n) is 17.6. The number of rotatable bonds is 4. The van der Waals surface area contributed by atoms with Crippen LogP contribution in [0.3, 0.4) is 0 Å². The Kier molecular flexibility index (Phi) is 6.68. The first kappa shape index (κ1) is 22.3. The largest absolute Gasteiger partial charge is 0.475 e. The second kappa shape index (κ2) is 9.60. The van der Waals surface area contributed by atoms with Crippen LogP contribution in [0, 0.1) is 0 Å². The number of pyridine rings is 2. The van der Waals surface area contributed by atoms with Gasteiger partial charge < -0.3 is 9.84 Å². The normalized spacial score (nSPS) is 10.7. The lowest BCUT2D eigenvalue weighted by Crippen LogP contribution is -2.14. The van der Waals surface area contributed by atoms with Crippen LogP contribution in [0.25, 0.3) is 5.82 Å². The van der Waals surface area contributed by atoms with Gasteiger partial charge in [-0.2, -0.15) is 14.9 Å². The van der Waals surface area contributed by atoms with Gasteiger partial charge in [-0.25, -0.2) is 24.5 Å². The number of carboxylic acid groups (broad SMARTS) is 1. The number of ether oxygens (including phenoxy) is 1. The molecular weight excluding hydrogens is 414 g/mol. The third-order valence-electron chi connectivity index (χ3n) is 4.12. The number of nitrogens with zero attached hydrogens (tertiary/aromatic N) is 6. The van der Waals surface area contributed by atoms with E-state index in [-0.39, 0.29) is 17.1 Å². The first-order chi connectivity index (χ1) is 15.3. The van der Waals surface area contributed by atoms with Gasteiger partial charge in [0, 0.05) is 24.7 Å². The lowest BCUT2D eigenvalue weighted by atomic mass is 9.88. The SMILES string of the molecule is CC(C)(C)c1ccnc(-n2ncnc2C(=O)O)c1.O=C(Oc1ccccn1)c1ccn[nH]1. The number of hydrogen-bond acceptors (Lipinski definition) is 8. The van der Waals surface area contributed by atoms with Gasteiger partial charge in [0.1, 0.15) is 12.0 Å². The minimum atomic E-state index is -1.13. The van der Waals surface area contributed by atoms with E-state index >= 15 is 0 Å². The second-order valence-corrected chi connectivity index (χ2v) is 7.48. The van der Waals surface area contributed by atoms with E-state index in [0.29, 0.717) is 11.5 Å². The maximum atomic E-state index is 11.3. The first-order valence-electron chi connectivity index (χ1n) is 9.48. The fourth-order valence-electron chi connectivity index (χ4n) is 2.48. The Balaban J connectivity index is 0.000000186. The number of H-pyrrole nitrogens is 1. The topological polar surface area (TPSA) is 149 Å². The van der Waals surface area contributed by atoms with Crippen molar-refractivity contribution in [3.63, 3.8) is 0 Å². The number of aromatic amines is 1. The van der Waals surface area contributed by atoms with E-state index in [1.807, 2.05) is 12.1 Å². The van der Waals surface area contributed by atoms with Crippen molar-refractivity contribution in [1.82, 2.24) is 34.9 Å². The lowest BCUT2D eigenvalue weighted by Gasteiger charge is -2.19. The molecule has 0 saturated heterocycles. The summed E-state index contributed by atoms with van der Waals surface area (Å²) >= 11 is 0. The number of carbonyl (C=O) groups is 2. The molecule has 4 rings (SSSR count). The van der Waals surface area contributed by atoms with Gasteiger partial charge in [-0.05, 0) is 35.2 Å². The summed E-state index contributed by atoms with van der Waals surface area (Å²) in [6.45, 7) is 6.22. The predicted molar refractivity (Wildman–Crippen MR) is 113 cm³/mol. The van der Waals surface area contributed by atoms with Crippen molar-refractivity contribution in [3.05, 3.63) is 78.4 Å². The van der Waals surface area contributed by atoms with Gasteiger partial charge in [0.25, 0.3) is 0 Å². The number of carbonyl (C=O) groups excluding carboxylic acids is 1. The third-order valence-corrected chi connectivity index (χ3v) is 4.12. The highest BCUT2D eigenvalue weighted by Crippen LogP contribution is 2.23. The molecule has 0 spiro atoms. The average Bonchev–Trinajstić information content (AvgIpc) is 3.47. The van der Waals surface area contributed by atoms with Crippen LogP contribution in [0.15, 0.2) is 61.3 Å². The molecule has 11 heteroatoms. The fraction of sp³-hybridized carbons (Fsp3) is 0.190. The highest BCUT2D eigenvalue weighted by Gasteiger charge is 2.18. The quantitative estimate of drug-likeness (QED) is 0.461. The van der Waals surface area contributed by atoms with Crippen molar-refractivity contribution >= 4 is 11.9 Å². The third kappa shape index (κ3) is 5.59. The van der Waals surface area contributed by atoms with Crippen molar-refractivity contribution in [2.75, 3.05) is 0 Å². The molecule has 11 nitrogen and oxygen atoms in total. The van der Waals surface area contributed by atoms with Crippen molar-refractivity contribution in [2.45, 2.75) is 26.2 Å². The highest BCUT2D eigenvalue weighted by molar-refractivity contribution is 5.88. The number of nitrogens with one attached hydrogen (secondary N) is 1. The molecule has 0 amide bonds. The second-order valence-electron chi connectivity index (χ2n) is 7.48. The molecule has 0 unspecified atom stereocenters. The molecule has 0 saturated carbocycles. The molecule has 0 fully saturated rings. The van der Waals surface area contributed by atoms with Crippen LogP contribution < -0.4 is 4.74 Å². The summed E-state index contributed by atoms with van der Waals surface area (Å²) in [4.78, 5) is 34.0. The minimum Gasteiger partial charge on any atom is -0.475 e. The van der Waals surface area contributed by atoms with Crippen molar-refractivity contribution < 1.29 is 19.4 Å². The van der Waals surface area contributed by atoms with E-state index in [1.54, 1.807) is 30.6 Å². The maximum absolute atomic E-state index is 11.3. The van der Waals surface area contributed by atoms with Crippen LogP contribution in [-0.4, -0.2) is 52.0 Å². The van der Waals surface area contributed by atoms with Crippen molar-refractivity contribution in [1.29, 1.82) is 0 Å². The first-order valence-corrected chi connectivity index (χ1v) is 9.48. The molecule has 4 heterocycles. The van der Waals surface area contributed by atoms with Gasteiger partial charge in [-0.3, -0.25) is 5.10 Å². The summed E-state index contributed by atoms with van der Waals surface area (Å²) in [5.41, 5.74) is 1.32. The van der Waals surface area contributed by atoms with E-state index < -0.39 is 11.9 Å². The fourth-order valence-corrected chi connectivity index (χ4v) is 2.48.